The number of hydrogen-bond acceptors (Lipinski definition) is 8. The van der Waals surface area contributed by atoms with Crippen LogP contribution < -0.4 is 15.4 Å². The lowest BCUT2D eigenvalue weighted by atomic mass is 10.2. The van der Waals surface area contributed by atoms with Crippen molar-refractivity contribution in [2.24, 2.45) is 0 Å². The Balaban J connectivity index is 1.61. The van der Waals surface area contributed by atoms with Gasteiger partial charge in [-0.15, -0.1) is 11.3 Å². The largest absolute Gasteiger partial charge is 0.495 e. The lowest BCUT2D eigenvalue weighted by molar-refractivity contribution is 0.102. The smallest absolute Gasteiger partial charge is 0.258 e. The number of hydrogen-bond donors (Lipinski definition) is 2. The van der Waals surface area contributed by atoms with E-state index in [4.69, 9.17) is 27.9 Å². The molecule has 8 nitrogen and oxygen atoms in total. The molecule has 0 aliphatic heterocycles. The molecule has 0 atom stereocenters. The first kappa shape index (κ1) is 26.1. The summed E-state index contributed by atoms with van der Waals surface area (Å²) in [5, 5.41) is 8.41. The van der Waals surface area contributed by atoms with Crippen molar-refractivity contribution in [3.05, 3.63) is 62.8 Å². The number of pyridine rings is 1. The maximum atomic E-state index is 13.2. The van der Waals surface area contributed by atoms with E-state index in [1.54, 1.807) is 17.6 Å². The molecule has 188 valence electrons. The number of carbonyl (C=O) groups is 1. The van der Waals surface area contributed by atoms with Gasteiger partial charge in [-0.3, -0.25) is 9.69 Å². The van der Waals surface area contributed by atoms with Crippen molar-refractivity contribution >= 4 is 68.0 Å². The molecule has 0 unspecified atom stereocenters. The third-order valence-electron chi connectivity index (χ3n) is 5.78. The lowest BCUT2D eigenvalue weighted by Gasteiger charge is -2.18. The fourth-order valence-electron chi connectivity index (χ4n) is 3.75. The van der Waals surface area contributed by atoms with Gasteiger partial charge in [0.2, 0.25) is 0 Å². The van der Waals surface area contributed by atoms with Gasteiger partial charge in [-0.05, 0) is 49.3 Å². The molecule has 4 aromatic rings. The number of methoxy groups -OCH3 is 1. The van der Waals surface area contributed by atoms with Crippen LogP contribution >= 0.6 is 34.5 Å². The third-order valence-corrected chi connectivity index (χ3v) is 7.62. The zero-order valence-corrected chi connectivity index (χ0v) is 22.7. The molecule has 0 aliphatic rings. The summed E-state index contributed by atoms with van der Waals surface area (Å²) in [4.78, 5) is 28.7. The van der Waals surface area contributed by atoms with Gasteiger partial charge in [-0.1, -0.05) is 37.0 Å². The van der Waals surface area contributed by atoms with Crippen molar-refractivity contribution in [1.82, 2.24) is 19.9 Å². The van der Waals surface area contributed by atoms with Gasteiger partial charge in [-0.2, -0.15) is 0 Å². The first-order chi connectivity index (χ1) is 17.4. The number of amides is 1. The molecule has 1 amide bonds. The number of fused-ring (bicyclic) bond motifs is 1. The highest BCUT2D eigenvalue weighted by Gasteiger charge is 2.21. The van der Waals surface area contributed by atoms with Gasteiger partial charge >= 0.3 is 0 Å². The zero-order chi connectivity index (χ0) is 25.8. The van der Waals surface area contributed by atoms with Crippen LogP contribution in [0.2, 0.25) is 10.0 Å². The maximum absolute atomic E-state index is 13.2. The van der Waals surface area contributed by atoms with Gasteiger partial charge in [0.15, 0.2) is 5.82 Å². The van der Waals surface area contributed by atoms with Crippen molar-refractivity contribution in [2.45, 2.75) is 27.3 Å². The van der Waals surface area contributed by atoms with Crippen LogP contribution in [-0.4, -0.2) is 46.0 Å². The van der Waals surface area contributed by atoms with E-state index in [1.165, 1.54) is 24.8 Å². The van der Waals surface area contributed by atoms with E-state index in [-0.39, 0.29) is 10.9 Å². The van der Waals surface area contributed by atoms with Crippen LogP contribution in [0.3, 0.4) is 0 Å². The van der Waals surface area contributed by atoms with E-state index in [1.807, 2.05) is 19.1 Å². The second kappa shape index (κ2) is 11.4. The highest BCUT2D eigenvalue weighted by atomic mass is 35.5. The molecular weight excluding hydrogens is 519 g/mol. The molecule has 0 spiro atoms. The molecule has 3 heterocycles. The van der Waals surface area contributed by atoms with E-state index >= 15 is 0 Å². The quantitative estimate of drug-likeness (QED) is 0.247. The molecule has 0 radical (unpaired) electrons. The van der Waals surface area contributed by atoms with E-state index in [0.717, 1.165) is 35.5 Å². The minimum absolute atomic E-state index is 0.230. The van der Waals surface area contributed by atoms with Gasteiger partial charge < -0.3 is 15.4 Å². The number of halogens is 2. The number of aryl methyl sites for hydroxylation is 1. The Morgan fingerprint density at radius 3 is 2.64 bits per heavy atom. The van der Waals surface area contributed by atoms with Gasteiger partial charge in [0.25, 0.3) is 5.91 Å². The first-order valence-corrected chi connectivity index (χ1v) is 13.0. The van der Waals surface area contributed by atoms with Crippen molar-refractivity contribution < 1.29 is 9.53 Å². The summed E-state index contributed by atoms with van der Waals surface area (Å²) in [6, 6.07) is 5.72. The molecule has 0 aliphatic carbocycles. The minimum atomic E-state index is -0.387. The normalized spacial score (nSPS) is 11.2. The number of benzene rings is 1. The molecule has 0 fully saturated rings. The number of aromatic nitrogens is 3. The van der Waals surface area contributed by atoms with Gasteiger partial charge in [0.1, 0.15) is 22.9 Å². The summed E-state index contributed by atoms with van der Waals surface area (Å²) < 4.78 is 6.04. The summed E-state index contributed by atoms with van der Waals surface area (Å²) in [5.74, 6) is 1.28. The Morgan fingerprint density at radius 1 is 1.14 bits per heavy atom. The Labute approximate surface area is 223 Å². The van der Waals surface area contributed by atoms with E-state index in [9.17, 15) is 4.79 Å². The standard InChI is InChI=1S/C25H26Cl2N6O2S/c1-5-33(6-2)11-15-7-8-28-18(10-15)31-24-23-21(29-13-30-24)16(12-36-23)25(34)32-22-19(26)14(3)9-17(35-4)20(22)27/h7-10,12-13H,5-6,11H2,1-4H3,(H,32,34)(H,28,29,30,31). The predicted molar refractivity (Wildman–Crippen MR) is 147 cm³/mol. The van der Waals surface area contributed by atoms with Crippen LogP contribution in [0.4, 0.5) is 17.3 Å². The van der Waals surface area contributed by atoms with Crippen LogP contribution in [0, 0.1) is 6.92 Å². The van der Waals surface area contributed by atoms with Gasteiger partial charge in [0.05, 0.1) is 33.6 Å². The second-order valence-electron chi connectivity index (χ2n) is 8.04. The summed E-state index contributed by atoms with van der Waals surface area (Å²) in [6.45, 7) is 8.88. The van der Waals surface area contributed by atoms with Gasteiger partial charge in [-0.25, -0.2) is 15.0 Å². The Bertz CT molecular complexity index is 1410. The molecular formula is C25H26Cl2N6O2S. The van der Waals surface area contributed by atoms with Crippen LogP contribution in [0.1, 0.15) is 35.3 Å². The Hall–Kier alpha value is -2.98. The topological polar surface area (TPSA) is 92.3 Å². The Morgan fingerprint density at radius 2 is 1.92 bits per heavy atom. The molecule has 1 aromatic carbocycles. The second-order valence-corrected chi connectivity index (χ2v) is 9.67. The monoisotopic (exact) mass is 544 g/mol. The number of nitrogens with zero attached hydrogens (tertiary/aromatic N) is 4. The van der Waals surface area contributed by atoms with E-state index in [2.05, 4.69) is 44.3 Å². The van der Waals surface area contributed by atoms with Crippen LogP contribution in [-0.2, 0) is 6.54 Å². The number of carbonyl (C=O) groups excluding carboxylic acids is 1. The van der Waals surface area contributed by atoms with E-state index < -0.39 is 0 Å². The zero-order valence-electron chi connectivity index (χ0n) is 20.4. The average Bonchev–Trinajstić information content (AvgIpc) is 3.33. The van der Waals surface area contributed by atoms with Crippen molar-refractivity contribution in [2.75, 3.05) is 30.8 Å². The van der Waals surface area contributed by atoms with E-state index in [0.29, 0.717) is 39.2 Å². The molecule has 2 N–H and O–H groups in total. The number of nitrogens with one attached hydrogen (secondary N) is 2. The molecule has 4 rings (SSSR count). The summed E-state index contributed by atoms with van der Waals surface area (Å²) in [5.41, 5.74) is 3.07. The first-order valence-electron chi connectivity index (χ1n) is 11.4. The average molecular weight is 545 g/mol. The molecule has 11 heteroatoms. The highest BCUT2D eigenvalue weighted by Crippen LogP contribution is 2.41. The predicted octanol–water partition coefficient (Wildman–Crippen LogP) is 6.55. The molecule has 0 bridgehead atoms. The van der Waals surface area contributed by atoms with Crippen molar-refractivity contribution in [1.29, 1.82) is 0 Å². The van der Waals surface area contributed by atoms with Crippen LogP contribution in [0.15, 0.2) is 36.1 Å². The number of rotatable bonds is 9. The number of ether oxygens (including phenoxy) is 1. The van der Waals surface area contributed by atoms with Crippen molar-refractivity contribution in [3.8, 4) is 5.75 Å². The van der Waals surface area contributed by atoms with Crippen LogP contribution in [0.5, 0.6) is 5.75 Å². The molecule has 0 saturated heterocycles. The molecule has 3 aromatic heterocycles. The summed E-state index contributed by atoms with van der Waals surface area (Å²) >= 11 is 14.2. The number of anilines is 3. The SMILES string of the molecule is CCN(CC)Cc1ccnc(Nc2ncnc3c(C(=O)Nc4c(Cl)c(C)cc(OC)c4Cl)csc23)c1. The van der Waals surface area contributed by atoms with Crippen molar-refractivity contribution in [3.63, 3.8) is 0 Å². The maximum Gasteiger partial charge on any atom is 0.258 e. The fourth-order valence-corrected chi connectivity index (χ4v) is 5.21. The minimum Gasteiger partial charge on any atom is -0.495 e. The summed E-state index contributed by atoms with van der Waals surface area (Å²) in [6.07, 6.45) is 3.19. The Kier molecular flexibility index (Phi) is 8.25. The van der Waals surface area contributed by atoms with Crippen LogP contribution in [0.25, 0.3) is 10.2 Å². The number of thiophene rings is 1. The lowest BCUT2D eigenvalue weighted by Crippen LogP contribution is -2.22. The highest BCUT2D eigenvalue weighted by molar-refractivity contribution is 7.18. The molecule has 0 saturated carbocycles. The fraction of sp³-hybridized carbons (Fsp3) is 0.280. The molecule has 36 heavy (non-hydrogen) atoms. The van der Waals surface area contributed by atoms with Gasteiger partial charge in [0, 0.05) is 18.1 Å². The third kappa shape index (κ3) is 5.39. The summed E-state index contributed by atoms with van der Waals surface area (Å²) in [7, 11) is 1.51.